The molecule has 27 heavy (non-hydrogen) atoms. The fraction of sp³-hybridized carbons (Fsp3) is 0.158. The minimum absolute atomic E-state index is 0.0477. The molecule has 0 unspecified atom stereocenters. The van der Waals surface area contributed by atoms with E-state index >= 15 is 0 Å². The van der Waals surface area contributed by atoms with Crippen molar-refractivity contribution in [1.82, 2.24) is 14.8 Å². The number of carbonyl (C=O) groups excluding carboxylic acids is 2. The first-order valence-electron chi connectivity index (χ1n) is 8.16. The molecular weight excluding hydrogens is 368 g/mol. The Labute approximate surface area is 160 Å². The number of aromatic nitrogens is 3. The molecule has 0 radical (unpaired) electrons. The fourth-order valence-corrected chi connectivity index (χ4v) is 2.57. The molecule has 7 nitrogen and oxygen atoms in total. The number of amides is 1. The van der Waals surface area contributed by atoms with Gasteiger partial charge in [0.15, 0.2) is 5.78 Å². The summed E-state index contributed by atoms with van der Waals surface area (Å²) in [5.41, 5.74) is 2.59. The molecule has 2 heterocycles. The second-order valence-electron chi connectivity index (χ2n) is 5.86. The van der Waals surface area contributed by atoms with Crippen LogP contribution in [0.3, 0.4) is 0 Å². The molecular formula is C19H17ClN4O3. The molecule has 138 valence electrons. The van der Waals surface area contributed by atoms with Crippen molar-refractivity contribution in [3.8, 4) is 0 Å². The first-order chi connectivity index (χ1) is 13.0. The van der Waals surface area contributed by atoms with Gasteiger partial charge in [0.2, 0.25) is 0 Å². The van der Waals surface area contributed by atoms with Gasteiger partial charge in [-0.3, -0.25) is 19.8 Å². The number of Topliss-reactive ketones (excluding diaryl/α,β-unsaturated/α-hetero) is 1. The second-order valence-corrected chi connectivity index (χ2v) is 6.26. The van der Waals surface area contributed by atoms with E-state index in [2.05, 4.69) is 15.4 Å². The summed E-state index contributed by atoms with van der Waals surface area (Å²) < 4.78 is 6.79. The number of ether oxygens (including phenoxy) is 1. The smallest absolute Gasteiger partial charge is 0.412 e. The van der Waals surface area contributed by atoms with Gasteiger partial charge in [-0.05, 0) is 24.6 Å². The number of hydrogen-bond donors (Lipinski definition) is 1. The van der Waals surface area contributed by atoms with Crippen LogP contribution in [-0.2, 0) is 17.9 Å². The monoisotopic (exact) mass is 384 g/mol. The zero-order chi connectivity index (χ0) is 19.2. The van der Waals surface area contributed by atoms with E-state index in [0.29, 0.717) is 22.8 Å². The maximum absolute atomic E-state index is 11.9. The van der Waals surface area contributed by atoms with Gasteiger partial charge in [-0.25, -0.2) is 4.79 Å². The van der Waals surface area contributed by atoms with Crippen LogP contribution in [0.4, 0.5) is 10.5 Å². The Balaban J connectivity index is 1.56. The van der Waals surface area contributed by atoms with Crippen LogP contribution >= 0.6 is 11.6 Å². The Morgan fingerprint density at radius 2 is 2.04 bits per heavy atom. The molecule has 0 saturated carbocycles. The minimum Gasteiger partial charge on any atom is -0.444 e. The van der Waals surface area contributed by atoms with Crippen LogP contribution in [0.15, 0.2) is 55.1 Å². The van der Waals surface area contributed by atoms with Crippen molar-refractivity contribution >= 4 is 29.2 Å². The lowest BCUT2D eigenvalue weighted by atomic mass is 10.1. The highest BCUT2D eigenvalue weighted by Crippen LogP contribution is 2.16. The maximum Gasteiger partial charge on any atom is 0.412 e. The lowest BCUT2D eigenvalue weighted by Gasteiger charge is -2.06. The molecule has 0 fully saturated rings. The molecule has 8 heteroatoms. The Morgan fingerprint density at radius 3 is 2.81 bits per heavy atom. The van der Waals surface area contributed by atoms with Gasteiger partial charge >= 0.3 is 6.09 Å². The van der Waals surface area contributed by atoms with Gasteiger partial charge in [-0.1, -0.05) is 29.8 Å². The van der Waals surface area contributed by atoms with Crippen LogP contribution in [0.5, 0.6) is 0 Å². The van der Waals surface area contributed by atoms with E-state index in [9.17, 15) is 9.59 Å². The first-order valence-corrected chi connectivity index (χ1v) is 8.53. The van der Waals surface area contributed by atoms with Crippen LogP contribution < -0.4 is 5.32 Å². The average molecular weight is 385 g/mol. The molecule has 0 bridgehead atoms. The molecule has 0 aliphatic heterocycles. The van der Waals surface area contributed by atoms with Gasteiger partial charge in [-0.15, -0.1) is 0 Å². The zero-order valence-corrected chi connectivity index (χ0v) is 15.3. The van der Waals surface area contributed by atoms with E-state index < -0.39 is 6.09 Å². The Bertz CT molecular complexity index is 971. The number of carbonyl (C=O) groups is 2. The predicted octanol–water partition coefficient (Wildman–Crippen LogP) is 3.93. The number of anilines is 1. The summed E-state index contributed by atoms with van der Waals surface area (Å²) in [5.74, 6) is -0.0477. The van der Waals surface area contributed by atoms with Crippen LogP contribution in [0.25, 0.3) is 0 Å². The molecule has 1 amide bonds. The molecule has 3 aromatic rings. The van der Waals surface area contributed by atoms with Gasteiger partial charge in [0, 0.05) is 34.7 Å². The van der Waals surface area contributed by atoms with Crippen LogP contribution in [0.1, 0.15) is 28.4 Å². The third kappa shape index (κ3) is 5.15. The van der Waals surface area contributed by atoms with Crippen molar-refractivity contribution in [3.05, 3.63) is 76.8 Å². The quantitative estimate of drug-likeness (QED) is 0.651. The van der Waals surface area contributed by atoms with Crippen LogP contribution in [0, 0.1) is 0 Å². The summed E-state index contributed by atoms with van der Waals surface area (Å²) in [7, 11) is 0. The molecule has 2 aromatic heterocycles. The Kier molecular flexibility index (Phi) is 5.83. The van der Waals surface area contributed by atoms with E-state index in [1.807, 2.05) is 12.1 Å². The number of rotatable bonds is 6. The molecule has 1 aromatic carbocycles. The Hall–Kier alpha value is -3.19. The fourth-order valence-electron chi connectivity index (χ4n) is 2.38. The number of ketones is 1. The lowest BCUT2D eigenvalue weighted by molar-refractivity contribution is 0.101. The van der Waals surface area contributed by atoms with Crippen molar-refractivity contribution in [3.63, 3.8) is 0 Å². The van der Waals surface area contributed by atoms with Gasteiger partial charge in [0.05, 0.1) is 18.4 Å². The third-order valence-electron chi connectivity index (χ3n) is 3.74. The number of pyridine rings is 1. The van der Waals surface area contributed by atoms with Gasteiger partial charge in [0.1, 0.15) is 6.61 Å². The van der Waals surface area contributed by atoms with Crippen molar-refractivity contribution < 1.29 is 14.3 Å². The lowest BCUT2D eigenvalue weighted by Crippen LogP contribution is -2.13. The van der Waals surface area contributed by atoms with E-state index in [1.54, 1.807) is 35.3 Å². The molecule has 3 rings (SSSR count). The number of halogens is 1. The molecule has 0 atom stereocenters. The summed E-state index contributed by atoms with van der Waals surface area (Å²) in [6.07, 6.45) is 5.77. The third-order valence-corrected chi connectivity index (χ3v) is 4.11. The average Bonchev–Trinajstić information content (AvgIpc) is 3.08. The normalized spacial score (nSPS) is 10.4. The minimum atomic E-state index is -0.602. The van der Waals surface area contributed by atoms with Gasteiger partial charge in [-0.2, -0.15) is 5.10 Å². The van der Waals surface area contributed by atoms with E-state index in [-0.39, 0.29) is 12.4 Å². The molecule has 0 saturated heterocycles. The maximum atomic E-state index is 11.9. The molecule has 0 aliphatic rings. The standard InChI is InChI=1S/C19H17ClN4O3/c1-13(25)16-6-14(7-21-8-16)10-24-11-17(9-22-24)23-19(26)27-12-15-4-2-3-5-18(15)20/h2-9,11H,10,12H2,1H3,(H,23,26). The molecule has 0 aliphatic carbocycles. The summed E-state index contributed by atoms with van der Waals surface area (Å²) in [5, 5.41) is 7.34. The topological polar surface area (TPSA) is 86.1 Å². The number of hydrogen-bond acceptors (Lipinski definition) is 5. The predicted molar refractivity (Wildman–Crippen MR) is 101 cm³/mol. The van der Waals surface area contributed by atoms with E-state index in [1.165, 1.54) is 19.3 Å². The van der Waals surface area contributed by atoms with Crippen molar-refractivity contribution in [2.45, 2.75) is 20.1 Å². The highest BCUT2D eigenvalue weighted by molar-refractivity contribution is 6.31. The van der Waals surface area contributed by atoms with Crippen molar-refractivity contribution in [2.75, 3.05) is 5.32 Å². The largest absolute Gasteiger partial charge is 0.444 e. The second kappa shape index (κ2) is 8.46. The number of nitrogens with one attached hydrogen (secondary N) is 1. The van der Waals surface area contributed by atoms with E-state index in [0.717, 1.165) is 11.1 Å². The Morgan fingerprint density at radius 1 is 1.22 bits per heavy atom. The van der Waals surface area contributed by atoms with Gasteiger partial charge in [0.25, 0.3) is 0 Å². The van der Waals surface area contributed by atoms with Crippen molar-refractivity contribution in [2.24, 2.45) is 0 Å². The summed E-state index contributed by atoms with van der Waals surface area (Å²) in [6, 6.07) is 8.92. The van der Waals surface area contributed by atoms with Crippen LogP contribution in [-0.4, -0.2) is 26.6 Å². The van der Waals surface area contributed by atoms with Crippen LogP contribution in [0.2, 0.25) is 5.02 Å². The summed E-state index contributed by atoms with van der Waals surface area (Å²) in [6.45, 7) is 1.98. The highest BCUT2D eigenvalue weighted by Gasteiger charge is 2.08. The number of nitrogens with zero attached hydrogens (tertiary/aromatic N) is 3. The first kappa shape index (κ1) is 18.6. The van der Waals surface area contributed by atoms with Gasteiger partial charge < -0.3 is 4.74 Å². The zero-order valence-electron chi connectivity index (χ0n) is 14.6. The summed E-state index contributed by atoms with van der Waals surface area (Å²) in [4.78, 5) is 27.4. The summed E-state index contributed by atoms with van der Waals surface area (Å²) >= 11 is 6.03. The molecule has 1 N–H and O–H groups in total. The van der Waals surface area contributed by atoms with Crippen molar-refractivity contribution in [1.29, 1.82) is 0 Å². The number of benzene rings is 1. The SMILES string of the molecule is CC(=O)c1cncc(Cn2cc(NC(=O)OCc3ccccc3Cl)cn2)c1. The highest BCUT2D eigenvalue weighted by atomic mass is 35.5. The molecule has 0 spiro atoms. The van der Waals surface area contributed by atoms with E-state index in [4.69, 9.17) is 16.3 Å².